The Hall–Kier alpha value is -2.38. The molecule has 1 saturated heterocycles. The first-order chi connectivity index (χ1) is 12.4. The molecule has 2 aromatic rings. The minimum atomic E-state index is -0.517. The standard InChI is InChI=1S/C19H27N5O2/c1-19(2,3)26-18(25)23-11-9-21-13-17(23)16-8-10-24(22-16)15-6-4-14(12-20)5-7-15/h4-8,10,17,21H,9,11-13,20H2,1-3H3. The van der Waals surface area contributed by atoms with Crippen LogP contribution in [0, 0.1) is 0 Å². The van der Waals surface area contributed by atoms with Crippen molar-refractivity contribution in [2.24, 2.45) is 5.73 Å². The van der Waals surface area contributed by atoms with Crippen molar-refractivity contribution in [1.82, 2.24) is 20.0 Å². The summed E-state index contributed by atoms with van der Waals surface area (Å²) in [7, 11) is 0. The molecule has 1 aromatic heterocycles. The molecule has 3 rings (SSSR count). The Morgan fingerprint density at radius 3 is 2.69 bits per heavy atom. The normalized spacial score (nSPS) is 18.0. The van der Waals surface area contributed by atoms with E-state index >= 15 is 0 Å². The number of hydrogen-bond acceptors (Lipinski definition) is 5. The summed E-state index contributed by atoms with van der Waals surface area (Å²) in [4.78, 5) is 14.3. The summed E-state index contributed by atoms with van der Waals surface area (Å²) in [5.41, 5.74) is 8.01. The van der Waals surface area contributed by atoms with Gasteiger partial charge in [0.2, 0.25) is 0 Å². The summed E-state index contributed by atoms with van der Waals surface area (Å²) in [6, 6.07) is 9.76. The fourth-order valence-corrected chi connectivity index (χ4v) is 2.95. The van der Waals surface area contributed by atoms with Crippen LogP contribution in [0.15, 0.2) is 36.5 Å². The monoisotopic (exact) mass is 357 g/mol. The Balaban J connectivity index is 1.80. The number of nitrogens with zero attached hydrogens (tertiary/aromatic N) is 3. The van der Waals surface area contributed by atoms with Gasteiger partial charge in [0, 0.05) is 32.4 Å². The molecule has 140 valence electrons. The zero-order valence-electron chi connectivity index (χ0n) is 15.6. The Bertz CT molecular complexity index is 748. The summed E-state index contributed by atoms with van der Waals surface area (Å²) in [5, 5.41) is 8.02. The van der Waals surface area contributed by atoms with Gasteiger partial charge in [0.25, 0.3) is 0 Å². The molecule has 0 bridgehead atoms. The zero-order chi connectivity index (χ0) is 18.7. The highest BCUT2D eigenvalue weighted by Gasteiger charge is 2.32. The van der Waals surface area contributed by atoms with Crippen LogP contribution in [0.4, 0.5) is 4.79 Å². The van der Waals surface area contributed by atoms with Crippen LogP contribution in [-0.2, 0) is 11.3 Å². The molecule has 0 aliphatic carbocycles. The quantitative estimate of drug-likeness (QED) is 0.880. The van der Waals surface area contributed by atoms with E-state index in [-0.39, 0.29) is 12.1 Å². The van der Waals surface area contributed by atoms with Crippen LogP contribution < -0.4 is 11.1 Å². The van der Waals surface area contributed by atoms with Gasteiger partial charge in [-0.1, -0.05) is 12.1 Å². The van der Waals surface area contributed by atoms with Gasteiger partial charge >= 0.3 is 6.09 Å². The van der Waals surface area contributed by atoms with E-state index in [9.17, 15) is 4.79 Å². The van der Waals surface area contributed by atoms with Crippen molar-refractivity contribution in [3.8, 4) is 5.69 Å². The van der Waals surface area contributed by atoms with Crippen molar-refractivity contribution in [2.45, 2.75) is 39.0 Å². The molecule has 1 aromatic carbocycles. The van der Waals surface area contributed by atoms with Gasteiger partial charge in [0.15, 0.2) is 0 Å². The van der Waals surface area contributed by atoms with Crippen molar-refractivity contribution in [2.75, 3.05) is 19.6 Å². The van der Waals surface area contributed by atoms with Crippen LogP contribution in [-0.4, -0.2) is 46.0 Å². The van der Waals surface area contributed by atoms with Gasteiger partial charge in [-0.25, -0.2) is 9.48 Å². The lowest BCUT2D eigenvalue weighted by Gasteiger charge is -2.36. The number of nitrogens with one attached hydrogen (secondary N) is 1. The lowest BCUT2D eigenvalue weighted by molar-refractivity contribution is 0.0113. The summed E-state index contributed by atoms with van der Waals surface area (Å²) in [6.07, 6.45) is 1.61. The molecule has 2 heterocycles. The molecule has 1 amide bonds. The lowest BCUT2D eigenvalue weighted by atomic mass is 10.1. The molecule has 1 unspecified atom stereocenters. The third kappa shape index (κ3) is 4.23. The highest BCUT2D eigenvalue weighted by molar-refractivity contribution is 5.69. The Labute approximate surface area is 154 Å². The Morgan fingerprint density at radius 2 is 2.04 bits per heavy atom. The average molecular weight is 357 g/mol. The Kier molecular flexibility index (Phi) is 5.29. The molecule has 7 nitrogen and oxygen atoms in total. The lowest BCUT2D eigenvalue weighted by Crippen LogP contribution is -2.50. The number of nitrogens with two attached hydrogens (primary N) is 1. The fraction of sp³-hybridized carbons (Fsp3) is 0.474. The fourth-order valence-electron chi connectivity index (χ4n) is 2.95. The van der Waals surface area contributed by atoms with E-state index in [2.05, 4.69) is 10.4 Å². The van der Waals surface area contributed by atoms with Crippen molar-refractivity contribution >= 4 is 6.09 Å². The van der Waals surface area contributed by atoms with Crippen LogP contribution in [0.2, 0.25) is 0 Å². The van der Waals surface area contributed by atoms with E-state index in [0.29, 0.717) is 19.6 Å². The first kappa shape index (κ1) is 18.4. The van der Waals surface area contributed by atoms with Crippen LogP contribution in [0.1, 0.15) is 38.1 Å². The maximum atomic E-state index is 12.6. The molecule has 1 fully saturated rings. The first-order valence-corrected chi connectivity index (χ1v) is 8.93. The van der Waals surface area contributed by atoms with Crippen LogP contribution in [0.5, 0.6) is 0 Å². The van der Waals surface area contributed by atoms with Gasteiger partial charge in [-0.2, -0.15) is 5.10 Å². The number of amides is 1. The smallest absolute Gasteiger partial charge is 0.410 e. The first-order valence-electron chi connectivity index (χ1n) is 8.93. The van der Waals surface area contributed by atoms with Crippen molar-refractivity contribution in [3.63, 3.8) is 0 Å². The van der Waals surface area contributed by atoms with E-state index < -0.39 is 5.60 Å². The second-order valence-electron chi connectivity index (χ2n) is 7.45. The molecule has 26 heavy (non-hydrogen) atoms. The van der Waals surface area contributed by atoms with Crippen molar-refractivity contribution < 1.29 is 9.53 Å². The number of hydrogen-bond donors (Lipinski definition) is 2. The SMILES string of the molecule is CC(C)(C)OC(=O)N1CCNCC1c1ccn(-c2ccc(CN)cc2)n1. The van der Waals surface area contributed by atoms with Gasteiger partial charge in [0.05, 0.1) is 17.4 Å². The van der Waals surface area contributed by atoms with Gasteiger partial charge in [-0.3, -0.25) is 4.90 Å². The molecule has 0 spiro atoms. The summed E-state index contributed by atoms with van der Waals surface area (Å²) >= 11 is 0. The largest absolute Gasteiger partial charge is 0.444 e. The second-order valence-corrected chi connectivity index (χ2v) is 7.45. The number of aromatic nitrogens is 2. The van der Waals surface area contributed by atoms with Crippen molar-refractivity contribution in [3.05, 3.63) is 47.8 Å². The minimum absolute atomic E-state index is 0.150. The topological polar surface area (TPSA) is 85.4 Å². The maximum absolute atomic E-state index is 12.6. The molecular formula is C19H27N5O2. The number of rotatable bonds is 3. The van der Waals surface area contributed by atoms with E-state index in [0.717, 1.165) is 23.5 Å². The summed E-state index contributed by atoms with van der Waals surface area (Å²) in [5.74, 6) is 0. The minimum Gasteiger partial charge on any atom is -0.444 e. The van der Waals surface area contributed by atoms with Crippen LogP contribution >= 0.6 is 0 Å². The van der Waals surface area contributed by atoms with Crippen LogP contribution in [0.25, 0.3) is 5.69 Å². The number of benzene rings is 1. The highest BCUT2D eigenvalue weighted by Crippen LogP contribution is 2.24. The third-order valence-corrected chi connectivity index (χ3v) is 4.26. The molecule has 0 radical (unpaired) electrons. The molecular weight excluding hydrogens is 330 g/mol. The van der Waals surface area contributed by atoms with E-state index in [4.69, 9.17) is 10.5 Å². The highest BCUT2D eigenvalue weighted by atomic mass is 16.6. The number of carbonyl (C=O) groups is 1. The van der Waals surface area contributed by atoms with Gasteiger partial charge in [0.1, 0.15) is 5.60 Å². The molecule has 7 heteroatoms. The number of ether oxygens (including phenoxy) is 1. The second kappa shape index (κ2) is 7.47. The maximum Gasteiger partial charge on any atom is 0.410 e. The van der Waals surface area contributed by atoms with E-state index in [1.165, 1.54) is 0 Å². The zero-order valence-corrected chi connectivity index (χ0v) is 15.6. The summed E-state index contributed by atoms with van der Waals surface area (Å²) < 4.78 is 7.38. The molecule has 1 atom stereocenters. The van der Waals surface area contributed by atoms with Gasteiger partial charge in [-0.15, -0.1) is 0 Å². The third-order valence-electron chi connectivity index (χ3n) is 4.26. The number of piperazine rings is 1. The molecule has 1 aliphatic rings. The predicted octanol–water partition coefficient (Wildman–Crippen LogP) is 2.21. The number of carbonyl (C=O) groups excluding carboxylic acids is 1. The van der Waals surface area contributed by atoms with Gasteiger partial charge in [-0.05, 0) is 44.5 Å². The van der Waals surface area contributed by atoms with E-state index in [1.54, 1.807) is 4.90 Å². The van der Waals surface area contributed by atoms with Gasteiger partial charge < -0.3 is 15.8 Å². The average Bonchev–Trinajstić information content (AvgIpc) is 3.10. The summed E-state index contributed by atoms with van der Waals surface area (Å²) in [6.45, 7) is 8.14. The van der Waals surface area contributed by atoms with Crippen molar-refractivity contribution in [1.29, 1.82) is 0 Å². The van der Waals surface area contributed by atoms with E-state index in [1.807, 2.05) is 62.0 Å². The molecule has 0 saturated carbocycles. The predicted molar refractivity (Wildman–Crippen MR) is 100 cm³/mol. The molecule has 1 aliphatic heterocycles. The molecule has 3 N–H and O–H groups in total. The Morgan fingerprint density at radius 1 is 1.31 bits per heavy atom. The van der Waals surface area contributed by atoms with Crippen LogP contribution in [0.3, 0.4) is 0 Å².